The molecule has 2 N–H and O–H groups in total. The molecule has 0 aliphatic carbocycles. The van der Waals surface area contributed by atoms with E-state index in [1.54, 1.807) is 18.4 Å². The minimum absolute atomic E-state index is 0.118. The molecule has 3 rings (SSSR count). The van der Waals surface area contributed by atoms with Crippen molar-refractivity contribution in [2.45, 2.75) is 17.2 Å². The van der Waals surface area contributed by atoms with Crippen LogP contribution in [0.15, 0.2) is 48.5 Å². The first kappa shape index (κ1) is 21.2. The lowest BCUT2D eigenvalue weighted by Gasteiger charge is -2.46. The number of hydrogen-bond acceptors (Lipinski definition) is 5. The van der Waals surface area contributed by atoms with Crippen LogP contribution in [-0.2, 0) is 11.2 Å². The number of carbonyl (C=O) groups is 2. The highest BCUT2D eigenvalue weighted by Gasteiger charge is 2.51. The van der Waals surface area contributed by atoms with E-state index in [4.69, 9.17) is 10.4 Å². The van der Waals surface area contributed by atoms with Crippen LogP contribution in [0.3, 0.4) is 0 Å². The molecular formula is C22H20N4O3S. The fourth-order valence-electron chi connectivity index (χ4n) is 3.30. The van der Waals surface area contributed by atoms with Crippen LogP contribution in [0, 0.1) is 22.7 Å². The van der Waals surface area contributed by atoms with Gasteiger partial charge in [0.05, 0.1) is 17.7 Å². The predicted molar refractivity (Wildman–Crippen MR) is 114 cm³/mol. The Labute approximate surface area is 178 Å². The number of nitriles is 2. The third-order valence-corrected chi connectivity index (χ3v) is 6.39. The maximum Gasteiger partial charge on any atom is 0.407 e. The lowest BCUT2D eigenvalue weighted by molar-refractivity contribution is -0.127. The van der Waals surface area contributed by atoms with Gasteiger partial charge in [0.15, 0.2) is 0 Å². The minimum Gasteiger partial charge on any atom is -0.465 e. The topological polar surface area (TPSA) is 117 Å². The van der Waals surface area contributed by atoms with Gasteiger partial charge in [0.2, 0.25) is 5.91 Å². The van der Waals surface area contributed by atoms with Gasteiger partial charge >= 0.3 is 6.09 Å². The summed E-state index contributed by atoms with van der Waals surface area (Å²) in [5.74, 6) is -0.312. The zero-order chi connectivity index (χ0) is 21.7. The van der Waals surface area contributed by atoms with E-state index < -0.39 is 16.9 Å². The molecule has 2 amide bonds. The molecule has 152 valence electrons. The monoisotopic (exact) mass is 420 g/mol. The summed E-state index contributed by atoms with van der Waals surface area (Å²) in [5.41, 5.74) is 3.48. The van der Waals surface area contributed by atoms with Gasteiger partial charge in [0.1, 0.15) is 10.8 Å². The van der Waals surface area contributed by atoms with Gasteiger partial charge in [0.25, 0.3) is 0 Å². The summed E-state index contributed by atoms with van der Waals surface area (Å²) in [6.07, 6.45) is 1.07. The number of benzene rings is 2. The van der Waals surface area contributed by atoms with Crippen molar-refractivity contribution >= 4 is 23.8 Å². The van der Waals surface area contributed by atoms with Crippen molar-refractivity contribution in [2.24, 2.45) is 0 Å². The van der Waals surface area contributed by atoms with E-state index in [1.807, 2.05) is 36.4 Å². The molecule has 8 heteroatoms. The van der Waals surface area contributed by atoms with Gasteiger partial charge in [-0.1, -0.05) is 36.4 Å². The third kappa shape index (κ3) is 4.40. The number of carboxylic acid groups (broad SMARTS) is 1. The average Bonchev–Trinajstić information content (AvgIpc) is 2.73. The molecule has 2 aromatic rings. The molecule has 1 fully saturated rings. The summed E-state index contributed by atoms with van der Waals surface area (Å²) in [4.78, 5) is 24.9. The van der Waals surface area contributed by atoms with Gasteiger partial charge in [-0.3, -0.25) is 4.79 Å². The Kier molecular flexibility index (Phi) is 6.29. The van der Waals surface area contributed by atoms with Crippen molar-refractivity contribution in [1.29, 1.82) is 10.5 Å². The summed E-state index contributed by atoms with van der Waals surface area (Å²) in [7, 11) is 0. The zero-order valence-electron chi connectivity index (χ0n) is 16.3. The molecule has 1 aliphatic rings. The van der Waals surface area contributed by atoms with Crippen molar-refractivity contribution in [3.8, 4) is 23.3 Å². The van der Waals surface area contributed by atoms with Crippen molar-refractivity contribution in [1.82, 2.24) is 10.2 Å². The van der Waals surface area contributed by atoms with Gasteiger partial charge in [-0.15, -0.1) is 11.8 Å². The summed E-state index contributed by atoms with van der Waals surface area (Å²) in [6.45, 7) is 0.236. The third-order valence-electron chi connectivity index (χ3n) is 5.17. The van der Waals surface area contributed by atoms with Crippen molar-refractivity contribution in [3.63, 3.8) is 0 Å². The van der Waals surface area contributed by atoms with Crippen LogP contribution in [-0.4, -0.2) is 52.1 Å². The summed E-state index contributed by atoms with van der Waals surface area (Å²) < 4.78 is -0.840. The lowest BCUT2D eigenvalue weighted by atomic mass is 9.96. The Morgan fingerprint density at radius 2 is 1.70 bits per heavy atom. The summed E-state index contributed by atoms with van der Waals surface area (Å²) in [6, 6.07) is 18.5. The van der Waals surface area contributed by atoms with Gasteiger partial charge in [-0.25, -0.2) is 4.79 Å². The Hall–Kier alpha value is -3.49. The molecule has 7 nitrogen and oxygen atoms in total. The van der Waals surface area contributed by atoms with Gasteiger partial charge in [-0.05, 0) is 35.1 Å². The standard InChI is InChI=1S/C22H20N4O3S/c1-30-22(13-26(14-22)21(28)29)20(27)25-19(12-24)10-15-2-6-17(7-3-15)18-8-4-16(11-23)5-9-18/h2-9,19H,10,13-14H2,1H3,(H,25,27)(H,28,29)/t19-/m0/s1. The Morgan fingerprint density at radius 3 is 2.17 bits per heavy atom. The normalized spacial score (nSPS) is 15.2. The van der Waals surface area contributed by atoms with Crippen LogP contribution in [0.25, 0.3) is 11.1 Å². The fourth-order valence-corrected chi connectivity index (χ4v) is 4.11. The summed E-state index contributed by atoms with van der Waals surface area (Å²) in [5, 5.41) is 30.1. The molecule has 0 radical (unpaired) electrons. The molecule has 1 aliphatic heterocycles. The van der Waals surface area contributed by atoms with Crippen LogP contribution in [0.1, 0.15) is 11.1 Å². The second-order valence-corrected chi connectivity index (χ2v) is 8.27. The van der Waals surface area contributed by atoms with Crippen molar-refractivity contribution in [3.05, 3.63) is 59.7 Å². The predicted octanol–water partition coefficient (Wildman–Crippen LogP) is 2.87. The van der Waals surface area contributed by atoms with E-state index in [0.29, 0.717) is 12.0 Å². The lowest BCUT2D eigenvalue weighted by Crippen LogP contribution is -2.68. The van der Waals surface area contributed by atoms with Crippen molar-refractivity contribution in [2.75, 3.05) is 19.3 Å². The molecule has 0 bridgehead atoms. The smallest absolute Gasteiger partial charge is 0.407 e. The van der Waals surface area contributed by atoms with Gasteiger partial charge < -0.3 is 15.3 Å². The van der Waals surface area contributed by atoms with Crippen LogP contribution < -0.4 is 5.32 Å². The van der Waals surface area contributed by atoms with Crippen LogP contribution in [0.5, 0.6) is 0 Å². The minimum atomic E-state index is -1.05. The number of nitrogens with zero attached hydrogens (tertiary/aromatic N) is 3. The van der Waals surface area contributed by atoms with Crippen molar-refractivity contribution < 1.29 is 14.7 Å². The molecule has 1 atom stereocenters. The largest absolute Gasteiger partial charge is 0.465 e. The van der Waals surface area contributed by atoms with E-state index in [-0.39, 0.29) is 19.0 Å². The van der Waals surface area contributed by atoms with Crippen LogP contribution in [0.2, 0.25) is 0 Å². The Morgan fingerprint density at radius 1 is 1.13 bits per heavy atom. The molecule has 0 unspecified atom stereocenters. The number of hydrogen-bond donors (Lipinski definition) is 2. The first-order valence-corrected chi connectivity index (χ1v) is 10.5. The molecule has 0 spiro atoms. The van der Waals surface area contributed by atoms with Crippen LogP contribution in [0.4, 0.5) is 4.79 Å². The average molecular weight is 420 g/mol. The summed E-state index contributed by atoms with van der Waals surface area (Å²) >= 11 is 1.30. The number of amides is 2. The van der Waals surface area contributed by atoms with Gasteiger partial charge in [-0.2, -0.15) is 10.5 Å². The quantitative estimate of drug-likeness (QED) is 0.742. The first-order valence-electron chi connectivity index (χ1n) is 9.24. The maximum absolute atomic E-state index is 12.7. The molecule has 2 aromatic carbocycles. The zero-order valence-corrected chi connectivity index (χ0v) is 17.1. The van der Waals surface area contributed by atoms with E-state index >= 15 is 0 Å². The van der Waals surface area contributed by atoms with E-state index in [0.717, 1.165) is 16.7 Å². The second kappa shape index (κ2) is 8.89. The Balaban J connectivity index is 1.63. The van der Waals surface area contributed by atoms with E-state index in [2.05, 4.69) is 17.5 Å². The molecule has 0 aromatic heterocycles. The molecule has 1 saturated heterocycles. The van der Waals surface area contributed by atoms with Crippen LogP contribution >= 0.6 is 11.8 Å². The highest BCUT2D eigenvalue weighted by molar-refractivity contribution is 8.00. The second-order valence-electron chi connectivity index (χ2n) is 7.08. The first-order chi connectivity index (χ1) is 14.4. The number of nitrogens with one attached hydrogen (secondary N) is 1. The van der Waals surface area contributed by atoms with E-state index in [9.17, 15) is 14.9 Å². The Bertz CT molecular complexity index is 1020. The fraction of sp³-hybridized carbons (Fsp3) is 0.273. The molecule has 1 heterocycles. The number of thioether (sulfide) groups is 1. The highest BCUT2D eigenvalue weighted by Crippen LogP contribution is 2.34. The van der Waals surface area contributed by atoms with E-state index in [1.165, 1.54) is 16.7 Å². The SMILES string of the molecule is CSC1(C(=O)N[C@H](C#N)Cc2ccc(-c3ccc(C#N)cc3)cc2)CN(C(=O)O)C1. The number of carbonyl (C=O) groups excluding carboxylic acids is 1. The maximum atomic E-state index is 12.7. The molecule has 0 saturated carbocycles. The highest BCUT2D eigenvalue weighted by atomic mass is 32.2. The molecular weight excluding hydrogens is 400 g/mol. The number of likely N-dealkylation sites (tertiary alicyclic amines) is 1. The number of rotatable bonds is 6. The molecule has 30 heavy (non-hydrogen) atoms. The van der Waals surface area contributed by atoms with Gasteiger partial charge in [0, 0.05) is 19.5 Å².